The van der Waals surface area contributed by atoms with E-state index in [2.05, 4.69) is 19.6 Å². The van der Waals surface area contributed by atoms with Gasteiger partial charge in [-0.25, -0.2) is 18.1 Å². The smallest absolute Gasteiger partial charge is 0.240 e. The van der Waals surface area contributed by atoms with E-state index in [0.717, 1.165) is 28.4 Å². The molecule has 1 N–H and O–H groups in total. The number of carbonyl (C=O) groups is 1. The van der Waals surface area contributed by atoms with Crippen LogP contribution in [0.5, 0.6) is 0 Å². The summed E-state index contributed by atoms with van der Waals surface area (Å²) in [6, 6.07) is 8.74. The molecule has 33 heavy (non-hydrogen) atoms. The highest BCUT2D eigenvalue weighted by atomic mass is 35.5. The first-order chi connectivity index (χ1) is 15.8. The van der Waals surface area contributed by atoms with E-state index in [-0.39, 0.29) is 22.8 Å². The van der Waals surface area contributed by atoms with Crippen LogP contribution in [0.25, 0.3) is 0 Å². The molecule has 2 aliphatic heterocycles. The highest BCUT2D eigenvalue weighted by Gasteiger charge is 2.49. The Hall–Kier alpha value is -2.53. The number of halogens is 1. The zero-order valence-corrected chi connectivity index (χ0v) is 20.3. The lowest BCUT2D eigenvalue weighted by molar-refractivity contribution is -0.127. The quantitative estimate of drug-likeness (QED) is 0.574. The van der Waals surface area contributed by atoms with Gasteiger partial charge >= 0.3 is 0 Å². The Morgan fingerprint density at radius 2 is 2.03 bits per heavy atom. The molecule has 4 heterocycles. The molecule has 172 valence electrons. The molecule has 11 heteroatoms. The minimum Gasteiger partial charge on any atom is -0.342 e. The summed E-state index contributed by atoms with van der Waals surface area (Å²) in [6.45, 7) is 3.54. The fourth-order valence-electron chi connectivity index (χ4n) is 4.61. The van der Waals surface area contributed by atoms with Crippen LogP contribution in [-0.2, 0) is 26.8 Å². The van der Waals surface area contributed by atoms with E-state index in [1.54, 1.807) is 49.8 Å². The first-order valence-electron chi connectivity index (χ1n) is 10.4. The third-order valence-electron chi connectivity index (χ3n) is 6.31. The Morgan fingerprint density at radius 1 is 1.24 bits per heavy atom. The van der Waals surface area contributed by atoms with Crippen LogP contribution in [0.3, 0.4) is 0 Å². The Balaban J connectivity index is 1.51. The van der Waals surface area contributed by atoms with Crippen LogP contribution in [0.15, 0.2) is 53.8 Å². The topological polar surface area (TPSA) is 95.5 Å². The number of nitrogens with one attached hydrogen (secondary N) is 1. The number of likely N-dealkylation sites (tertiary alicyclic amines) is 1. The normalized spacial score (nSPS) is 19.9. The summed E-state index contributed by atoms with van der Waals surface area (Å²) in [7, 11) is -3.74. The molecule has 8 nitrogen and oxygen atoms in total. The molecule has 0 saturated carbocycles. The molecular formula is C22H22ClN5O3S2. The lowest BCUT2D eigenvalue weighted by Gasteiger charge is -2.25. The highest BCUT2D eigenvalue weighted by molar-refractivity contribution is 7.89. The highest BCUT2D eigenvalue weighted by Crippen LogP contribution is 2.50. The Morgan fingerprint density at radius 3 is 2.70 bits per heavy atom. The molecule has 1 unspecified atom stereocenters. The summed E-state index contributed by atoms with van der Waals surface area (Å²) in [5.74, 6) is 0.0203. The summed E-state index contributed by atoms with van der Waals surface area (Å²) in [4.78, 5) is 24.6. The second-order valence-electron chi connectivity index (χ2n) is 8.36. The summed E-state index contributed by atoms with van der Waals surface area (Å²) in [5, 5.41) is 0.755. The largest absolute Gasteiger partial charge is 0.342 e. The first-order valence-corrected chi connectivity index (χ1v) is 13.1. The number of fused-ring (bicyclic) bond motifs is 2. The maximum Gasteiger partial charge on any atom is 0.240 e. The molecule has 1 aromatic carbocycles. The molecule has 1 saturated heterocycles. The Labute approximate surface area is 201 Å². The number of carbonyl (C=O) groups excluding carboxylic acids is 1. The lowest BCUT2D eigenvalue weighted by atomic mass is 9.81. The Bertz CT molecular complexity index is 1310. The van der Waals surface area contributed by atoms with Gasteiger partial charge in [-0.15, -0.1) is 0 Å². The number of aromatic nitrogens is 2. The molecule has 2 aliphatic rings. The predicted octanol–water partition coefficient (Wildman–Crippen LogP) is 3.31. The van der Waals surface area contributed by atoms with Gasteiger partial charge in [0.05, 0.1) is 11.1 Å². The van der Waals surface area contributed by atoms with Gasteiger partial charge in [-0.1, -0.05) is 22.9 Å². The number of thiazole rings is 1. The minimum absolute atomic E-state index is 0.0203. The molecule has 1 spiro atoms. The number of benzene rings is 1. The molecule has 0 aliphatic carbocycles. The number of rotatable bonds is 5. The standard InChI is InChI=1S/C22H22ClN5O3S2/c1-15(29)27-9-6-22(13-27)14-28(21-25-12-20(23)32-21)19-3-2-17(10-18(19)22)33(30,31)26-11-16-4-7-24-8-5-16/h2-5,7-8,10,12,26H,6,9,11,13-14H2,1H3. The number of nitrogens with zero attached hydrogens (tertiary/aromatic N) is 4. The van der Waals surface area contributed by atoms with Crippen molar-refractivity contribution in [1.29, 1.82) is 0 Å². The van der Waals surface area contributed by atoms with Gasteiger partial charge in [0.15, 0.2) is 5.13 Å². The van der Waals surface area contributed by atoms with Crippen LogP contribution in [0.2, 0.25) is 4.34 Å². The molecule has 0 radical (unpaired) electrons. The second kappa shape index (κ2) is 8.35. The minimum atomic E-state index is -3.74. The summed E-state index contributed by atoms with van der Waals surface area (Å²) < 4.78 is 29.5. The summed E-state index contributed by atoms with van der Waals surface area (Å²) >= 11 is 7.51. The van der Waals surface area contributed by atoms with E-state index < -0.39 is 10.0 Å². The van der Waals surface area contributed by atoms with Crippen LogP contribution in [0.1, 0.15) is 24.5 Å². The SMILES string of the molecule is CC(=O)N1CCC2(C1)CN(c1ncc(Cl)s1)c1ccc(S(=O)(=O)NCc3ccncc3)cc12. The van der Waals surface area contributed by atoms with Crippen molar-refractivity contribution in [2.45, 2.75) is 30.2 Å². The van der Waals surface area contributed by atoms with E-state index >= 15 is 0 Å². The van der Waals surface area contributed by atoms with Gasteiger partial charge in [0, 0.05) is 56.6 Å². The van der Waals surface area contributed by atoms with E-state index in [1.165, 1.54) is 11.3 Å². The van der Waals surface area contributed by atoms with E-state index in [0.29, 0.717) is 24.0 Å². The van der Waals surface area contributed by atoms with Crippen LogP contribution in [-0.4, -0.2) is 48.8 Å². The maximum absolute atomic E-state index is 13.1. The van der Waals surface area contributed by atoms with Gasteiger partial charge in [-0.3, -0.25) is 9.78 Å². The second-order valence-corrected chi connectivity index (χ2v) is 11.8. The van der Waals surface area contributed by atoms with Crippen molar-refractivity contribution in [3.8, 4) is 0 Å². The average Bonchev–Trinajstić information content (AvgIpc) is 3.51. The summed E-state index contributed by atoms with van der Waals surface area (Å²) in [6.07, 6.45) is 5.62. The fraction of sp³-hybridized carbons (Fsp3) is 0.318. The van der Waals surface area contributed by atoms with Gasteiger partial charge in [0.2, 0.25) is 15.9 Å². The van der Waals surface area contributed by atoms with Crippen molar-refractivity contribution in [3.63, 3.8) is 0 Å². The van der Waals surface area contributed by atoms with Crippen molar-refractivity contribution < 1.29 is 13.2 Å². The lowest BCUT2D eigenvalue weighted by Crippen LogP contribution is -2.36. The zero-order chi connectivity index (χ0) is 23.2. The van der Waals surface area contributed by atoms with Gasteiger partial charge in [-0.05, 0) is 47.9 Å². The molecule has 2 aromatic heterocycles. The Kier molecular flexibility index (Phi) is 5.64. The molecule has 1 amide bonds. The first kappa shape index (κ1) is 22.3. The average molecular weight is 504 g/mol. The molecule has 0 bridgehead atoms. The van der Waals surface area contributed by atoms with Gasteiger partial charge < -0.3 is 9.80 Å². The van der Waals surface area contributed by atoms with Crippen molar-refractivity contribution in [2.24, 2.45) is 0 Å². The molecule has 1 atom stereocenters. The third kappa shape index (κ3) is 4.12. The number of amides is 1. The number of sulfonamides is 1. The molecule has 1 fully saturated rings. The van der Waals surface area contributed by atoms with Crippen LogP contribution in [0, 0.1) is 0 Å². The van der Waals surface area contributed by atoms with E-state index in [9.17, 15) is 13.2 Å². The van der Waals surface area contributed by atoms with Crippen LogP contribution in [0.4, 0.5) is 10.8 Å². The van der Waals surface area contributed by atoms with Crippen LogP contribution >= 0.6 is 22.9 Å². The van der Waals surface area contributed by atoms with Crippen LogP contribution < -0.4 is 9.62 Å². The molecule has 5 rings (SSSR count). The predicted molar refractivity (Wildman–Crippen MR) is 127 cm³/mol. The van der Waals surface area contributed by atoms with Gasteiger partial charge in [0.1, 0.15) is 4.34 Å². The van der Waals surface area contributed by atoms with Gasteiger partial charge in [-0.2, -0.15) is 0 Å². The third-order valence-corrected chi connectivity index (χ3v) is 8.85. The van der Waals surface area contributed by atoms with Crippen molar-refractivity contribution in [2.75, 3.05) is 24.5 Å². The fourth-order valence-corrected chi connectivity index (χ4v) is 6.57. The zero-order valence-electron chi connectivity index (χ0n) is 17.9. The number of hydrogen-bond acceptors (Lipinski definition) is 7. The number of anilines is 2. The molecule has 3 aromatic rings. The maximum atomic E-state index is 13.1. The van der Waals surface area contributed by atoms with Gasteiger partial charge in [0.25, 0.3) is 0 Å². The summed E-state index contributed by atoms with van der Waals surface area (Å²) in [5.41, 5.74) is 2.28. The van der Waals surface area contributed by atoms with Crippen molar-refractivity contribution >= 4 is 49.7 Å². The number of hydrogen-bond donors (Lipinski definition) is 1. The monoisotopic (exact) mass is 503 g/mol. The van der Waals surface area contributed by atoms with Crippen molar-refractivity contribution in [3.05, 3.63) is 64.4 Å². The van der Waals surface area contributed by atoms with E-state index in [1.807, 2.05) is 11.0 Å². The van der Waals surface area contributed by atoms with Crippen molar-refractivity contribution in [1.82, 2.24) is 19.6 Å². The molecular weight excluding hydrogens is 482 g/mol. The number of pyridine rings is 1. The van der Waals surface area contributed by atoms with E-state index in [4.69, 9.17) is 11.6 Å².